The Morgan fingerprint density at radius 3 is 2.71 bits per heavy atom. The van der Waals surface area contributed by atoms with Crippen molar-refractivity contribution in [2.75, 3.05) is 17.7 Å². The van der Waals surface area contributed by atoms with Crippen molar-refractivity contribution in [2.24, 2.45) is 0 Å². The minimum atomic E-state index is -0.803. The van der Waals surface area contributed by atoms with Crippen LogP contribution in [-0.4, -0.2) is 17.9 Å². The highest BCUT2D eigenvalue weighted by molar-refractivity contribution is 5.88. The van der Waals surface area contributed by atoms with E-state index in [2.05, 4.69) is 10.6 Å². The molecule has 0 atom stereocenters. The standard InChI is InChI=1S/C16H16FN3O4/c1-10(21)19-12-5-3-4-11(6-12)9-18-14-8-16(24-2)13(17)7-15(14)20(22)23/h3-8,18H,9H2,1-2H3,(H,19,21). The highest BCUT2D eigenvalue weighted by Gasteiger charge is 2.18. The summed E-state index contributed by atoms with van der Waals surface area (Å²) in [5, 5.41) is 16.6. The number of ether oxygens (including phenoxy) is 1. The molecule has 0 radical (unpaired) electrons. The second kappa shape index (κ2) is 7.40. The van der Waals surface area contributed by atoms with Gasteiger partial charge in [-0.2, -0.15) is 0 Å². The second-order valence-corrected chi connectivity index (χ2v) is 5.00. The number of anilines is 2. The molecule has 0 saturated heterocycles. The molecular formula is C16H16FN3O4. The Morgan fingerprint density at radius 2 is 2.08 bits per heavy atom. The smallest absolute Gasteiger partial charge is 0.295 e. The molecule has 0 fully saturated rings. The molecule has 2 rings (SSSR count). The topological polar surface area (TPSA) is 93.5 Å². The van der Waals surface area contributed by atoms with Gasteiger partial charge in [-0.15, -0.1) is 0 Å². The van der Waals surface area contributed by atoms with Crippen molar-refractivity contribution in [1.29, 1.82) is 0 Å². The number of hydrogen-bond donors (Lipinski definition) is 2. The van der Waals surface area contributed by atoms with Crippen LogP contribution < -0.4 is 15.4 Å². The molecule has 8 heteroatoms. The summed E-state index contributed by atoms with van der Waals surface area (Å²) in [5.41, 5.74) is 1.17. The third kappa shape index (κ3) is 4.19. The molecule has 0 bridgehead atoms. The van der Waals surface area contributed by atoms with E-state index in [0.29, 0.717) is 5.69 Å². The molecule has 0 aliphatic carbocycles. The number of benzene rings is 2. The van der Waals surface area contributed by atoms with E-state index >= 15 is 0 Å². The first-order valence-electron chi connectivity index (χ1n) is 7.03. The molecule has 24 heavy (non-hydrogen) atoms. The summed E-state index contributed by atoms with van der Waals surface area (Å²) in [5.74, 6) is -1.09. The number of carbonyl (C=O) groups is 1. The van der Waals surface area contributed by atoms with E-state index < -0.39 is 10.7 Å². The molecule has 0 aliphatic heterocycles. The summed E-state index contributed by atoms with van der Waals surface area (Å²) in [4.78, 5) is 21.5. The van der Waals surface area contributed by atoms with E-state index in [0.717, 1.165) is 11.6 Å². The fraction of sp³-hybridized carbons (Fsp3) is 0.188. The summed E-state index contributed by atoms with van der Waals surface area (Å²) < 4.78 is 18.5. The zero-order valence-electron chi connectivity index (χ0n) is 13.1. The van der Waals surface area contributed by atoms with E-state index in [9.17, 15) is 19.3 Å². The minimum absolute atomic E-state index is 0.0879. The molecule has 2 N–H and O–H groups in total. The Hall–Kier alpha value is -3.16. The number of hydrogen-bond acceptors (Lipinski definition) is 5. The molecule has 1 amide bonds. The number of nitro benzene ring substituents is 1. The number of nitrogens with one attached hydrogen (secondary N) is 2. The lowest BCUT2D eigenvalue weighted by Gasteiger charge is -2.11. The van der Waals surface area contributed by atoms with E-state index in [1.54, 1.807) is 24.3 Å². The normalized spacial score (nSPS) is 10.1. The zero-order valence-corrected chi connectivity index (χ0v) is 13.1. The van der Waals surface area contributed by atoms with Gasteiger partial charge in [0, 0.05) is 25.2 Å². The minimum Gasteiger partial charge on any atom is -0.494 e. The van der Waals surface area contributed by atoms with Gasteiger partial charge in [-0.1, -0.05) is 12.1 Å². The first kappa shape index (κ1) is 17.2. The third-order valence-electron chi connectivity index (χ3n) is 3.20. The van der Waals surface area contributed by atoms with Crippen LogP contribution in [0.4, 0.5) is 21.5 Å². The molecule has 7 nitrogen and oxygen atoms in total. The molecule has 126 valence electrons. The number of nitrogens with zero attached hydrogens (tertiary/aromatic N) is 1. The van der Waals surface area contributed by atoms with Crippen LogP contribution in [0, 0.1) is 15.9 Å². The molecule has 0 spiro atoms. The van der Waals surface area contributed by atoms with Crippen LogP contribution in [0.3, 0.4) is 0 Å². The summed E-state index contributed by atoms with van der Waals surface area (Å²) in [6.45, 7) is 1.65. The summed E-state index contributed by atoms with van der Waals surface area (Å²) in [6.07, 6.45) is 0. The molecule has 0 heterocycles. The number of nitro groups is 1. The largest absolute Gasteiger partial charge is 0.494 e. The van der Waals surface area contributed by atoms with E-state index in [1.165, 1.54) is 20.1 Å². The van der Waals surface area contributed by atoms with Crippen molar-refractivity contribution in [3.8, 4) is 5.75 Å². The van der Waals surface area contributed by atoms with Gasteiger partial charge in [0.25, 0.3) is 5.69 Å². The van der Waals surface area contributed by atoms with Gasteiger partial charge in [0.05, 0.1) is 18.1 Å². The van der Waals surface area contributed by atoms with Crippen molar-refractivity contribution in [3.05, 3.63) is 57.9 Å². The Kier molecular flexibility index (Phi) is 5.31. The average molecular weight is 333 g/mol. The number of methoxy groups -OCH3 is 1. The van der Waals surface area contributed by atoms with Gasteiger partial charge in [-0.25, -0.2) is 4.39 Å². The van der Waals surface area contributed by atoms with Crippen molar-refractivity contribution in [3.63, 3.8) is 0 Å². The number of rotatable bonds is 6. The van der Waals surface area contributed by atoms with Crippen LogP contribution >= 0.6 is 0 Å². The van der Waals surface area contributed by atoms with E-state index in [-0.39, 0.29) is 29.6 Å². The lowest BCUT2D eigenvalue weighted by Crippen LogP contribution is -2.07. The van der Waals surface area contributed by atoms with E-state index in [4.69, 9.17) is 4.74 Å². The van der Waals surface area contributed by atoms with Gasteiger partial charge in [-0.05, 0) is 17.7 Å². The van der Waals surface area contributed by atoms with Crippen LogP contribution in [0.5, 0.6) is 5.75 Å². The van der Waals surface area contributed by atoms with Crippen LogP contribution in [0.15, 0.2) is 36.4 Å². The lowest BCUT2D eigenvalue weighted by molar-refractivity contribution is -0.384. The average Bonchev–Trinajstić information content (AvgIpc) is 2.53. The Labute approximate surface area is 137 Å². The molecule has 0 unspecified atom stereocenters. The maximum Gasteiger partial charge on any atom is 0.295 e. The van der Waals surface area contributed by atoms with Crippen LogP contribution in [-0.2, 0) is 11.3 Å². The summed E-state index contributed by atoms with van der Waals surface area (Å²) >= 11 is 0. The fourth-order valence-electron chi connectivity index (χ4n) is 2.15. The van der Waals surface area contributed by atoms with Crippen molar-refractivity contribution >= 4 is 23.0 Å². The zero-order chi connectivity index (χ0) is 17.7. The van der Waals surface area contributed by atoms with Gasteiger partial charge < -0.3 is 15.4 Å². The Balaban J connectivity index is 2.22. The van der Waals surface area contributed by atoms with Gasteiger partial charge >= 0.3 is 0 Å². The number of carbonyl (C=O) groups excluding carboxylic acids is 1. The van der Waals surface area contributed by atoms with Crippen LogP contribution in [0.25, 0.3) is 0 Å². The predicted molar refractivity (Wildman–Crippen MR) is 87.7 cm³/mol. The van der Waals surface area contributed by atoms with Crippen molar-refractivity contribution < 1.29 is 18.8 Å². The molecule has 2 aromatic rings. The fourth-order valence-corrected chi connectivity index (χ4v) is 2.15. The maximum atomic E-state index is 13.6. The molecule has 0 aromatic heterocycles. The maximum absolute atomic E-state index is 13.6. The van der Waals surface area contributed by atoms with Crippen LogP contribution in [0.1, 0.15) is 12.5 Å². The first-order valence-corrected chi connectivity index (χ1v) is 7.03. The van der Waals surface area contributed by atoms with Gasteiger partial charge in [-0.3, -0.25) is 14.9 Å². The summed E-state index contributed by atoms with van der Waals surface area (Å²) in [7, 11) is 1.28. The van der Waals surface area contributed by atoms with Crippen molar-refractivity contribution in [2.45, 2.75) is 13.5 Å². The lowest BCUT2D eigenvalue weighted by atomic mass is 10.2. The van der Waals surface area contributed by atoms with Crippen LogP contribution in [0.2, 0.25) is 0 Å². The van der Waals surface area contributed by atoms with Gasteiger partial charge in [0.1, 0.15) is 5.69 Å². The predicted octanol–water partition coefficient (Wildman–Crippen LogP) is 3.31. The molecular weight excluding hydrogens is 317 g/mol. The highest BCUT2D eigenvalue weighted by Crippen LogP contribution is 2.32. The highest BCUT2D eigenvalue weighted by atomic mass is 19.1. The van der Waals surface area contributed by atoms with Gasteiger partial charge in [0.15, 0.2) is 11.6 Å². The molecule has 0 aliphatic rings. The number of amides is 1. The molecule has 2 aromatic carbocycles. The Bertz CT molecular complexity index is 780. The van der Waals surface area contributed by atoms with Crippen molar-refractivity contribution in [1.82, 2.24) is 0 Å². The number of halogens is 1. The third-order valence-corrected chi connectivity index (χ3v) is 3.20. The Morgan fingerprint density at radius 1 is 1.33 bits per heavy atom. The SMILES string of the molecule is COc1cc(NCc2cccc(NC(C)=O)c2)c([N+](=O)[O-])cc1F. The monoisotopic (exact) mass is 333 g/mol. The van der Waals surface area contributed by atoms with Gasteiger partial charge in [0.2, 0.25) is 5.91 Å². The van der Waals surface area contributed by atoms with E-state index in [1.807, 2.05) is 0 Å². The molecule has 0 saturated carbocycles. The first-order chi connectivity index (χ1) is 11.4. The summed E-state index contributed by atoms with van der Waals surface area (Å²) in [6, 6.07) is 9.07. The second-order valence-electron chi connectivity index (χ2n) is 5.00. The quantitative estimate of drug-likeness (QED) is 0.625.